The number of rotatable bonds is 5. The third-order valence-corrected chi connectivity index (χ3v) is 4.06. The van der Waals surface area contributed by atoms with Crippen molar-refractivity contribution in [2.45, 2.75) is 24.0 Å². The average molecular weight is 301 g/mol. The first-order chi connectivity index (χ1) is 9.56. The van der Waals surface area contributed by atoms with Crippen molar-refractivity contribution in [2.75, 3.05) is 19.0 Å². The van der Waals surface area contributed by atoms with Crippen molar-refractivity contribution in [3.63, 3.8) is 0 Å². The zero-order valence-corrected chi connectivity index (χ0v) is 11.5. The smallest absolute Gasteiger partial charge is 0.371 e. The number of carbonyl (C=O) groups is 2. The maximum Gasteiger partial charge on any atom is 0.371 e. The van der Waals surface area contributed by atoms with Gasteiger partial charge in [0.2, 0.25) is 11.7 Å². The molecule has 1 unspecified atom stereocenters. The second-order valence-electron chi connectivity index (χ2n) is 4.37. The molecule has 1 aromatic heterocycles. The lowest BCUT2D eigenvalue weighted by Gasteiger charge is -2.22. The van der Waals surface area contributed by atoms with E-state index in [-0.39, 0.29) is 28.6 Å². The summed E-state index contributed by atoms with van der Waals surface area (Å²) in [5, 5.41) is 11.5. The van der Waals surface area contributed by atoms with Gasteiger partial charge in [0.25, 0.3) is 0 Å². The number of carbonyl (C=O) groups excluding carboxylic acids is 1. The molecule has 2 heterocycles. The van der Waals surface area contributed by atoms with Crippen LogP contribution in [0.2, 0.25) is 0 Å². The van der Waals surface area contributed by atoms with Crippen LogP contribution in [0.5, 0.6) is 0 Å². The molecular weight excluding hydrogens is 286 g/mol. The van der Waals surface area contributed by atoms with Gasteiger partial charge < -0.3 is 19.6 Å². The van der Waals surface area contributed by atoms with Crippen LogP contribution in [0.3, 0.4) is 0 Å². The largest absolute Gasteiger partial charge is 0.475 e. The van der Waals surface area contributed by atoms with Crippen LogP contribution < -0.4 is 5.32 Å². The molecule has 1 atom stereocenters. The molecule has 0 radical (unpaired) electrons. The van der Waals surface area contributed by atoms with Gasteiger partial charge in [-0.15, -0.1) is 0 Å². The van der Waals surface area contributed by atoms with Gasteiger partial charge in [-0.25, -0.2) is 4.79 Å². The SMILES string of the molecule is O=C(CS(=O)c1ccc(C(=O)O)o1)NC1CCOCC1. The third-order valence-electron chi connectivity index (χ3n) is 2.87. The number of aromatic carboxylic acids is 1. The summed E-state index contributed by atoms with van der Waals surface area (Å²) in [7, 11) is -1.69. The minimum Gasteiger partial charge on any atom is -0.475 e. The Bertz CT molecular complexity index is 520. The topological polar surface area (TPSA) is 106 Å². The number of hydrogen-bond acceptors (Lipinski definition) is 5. The zero-order chi connectivity index (χ0) is 14.5. The molecule has 110 valence electrons. The second kappa shape index (κ2) is 6.67. The van der Waals surface area contributed by atoms with Crippen LogP contribution in [0.4, 0.5) is 0 Å². The summed E-state index contributed by atoms with van der Waals surface area (Å²) in [6, 6.07) is 2.56. The molecule has 0 bridgehead atoms. The van der Waals surface area contributed by atoms with Crippen LogP contribution in [0.1, 0.15) is 23.4 Å². The Morgan fingerprint density at radius 3 is 2.65 bits per heavy atom. The first-order valence-corrected chi connectivity index (χ1v) is 7.47. The molecule has 1 aromatic rings. The average Bonchev–Trinajstić information content (AvgIpc) is 2.89. The summed E-state index contributed by atoms with van der Waals surface area (Å²) in [6.07, 6.45) is 1.48. The van der Waals surface area contributed by atoms with E-state index in [2.05, 4.69) is 5.32 Å². The highest BCUT2D eigenvalue weighted by Crippen LogP contribution is 2.13. The molecule has 20 heavy (non-hydrogen) atoms. The van der Waals surface area contributed by atoms with Gasteiger partial charge in [-0.3, -0.25) is 9.00 Å². The molecule has 1 amide bonds. The highest BCUT2D eigenvalue weighted by atomic mass is 32.2. The Balaban J connectivity index is 1.86. The number of ether oxygens (including phenoxy) is 1. The van der Waals surface area contributed by atoms with Gasteiger partial charge in [0.05, 0.1) is 10.8 Å². The Morgan fingerprint density at radius 1 is 1.35 bits per heavy atom. The van der Waals surface area contributed by atoms with E-state index >= 15 is 0 Å². The highest BCUT2D eigenvalue weighted by Gasteiger charge is 2.20. The predicted octanol–water partition coefficient (Wildman–Crippen LogP) is 0.381. The molecule has 1 fully saturated rings. The van der Waals surface area contributed by atoms with Crippen LogP contribution >= 0.6 is 0 Å². The molecule has 0 aliphatic carbocycles. The summed E-state index contributed by atoms with van der Waals surface area (Å²) >= 11 is 0. The van der Waals surface area contributed by atoms with E-state index in [0.717, 1.165) is 12.8 Å². The van der Waals surface area contributed by atoms with Crippen LogP contribution in [0, 0.1) is 0 Å². The van der Waals surface area contributed by atoms with E-state index in [0.29, 0.717) is 13.2 Å². The van der Waals surface area contributed by atoms with Crippen LogP contribution in [-0.4, -0.2) is 46.2 Å². The van der Waals surface area contributed by atoms with E-state index in [1.807, 2.05) is 0 Å². The second-order valence-corrected chi connectivity index (χ2v) is 5.75. The molecule has 2 rings (SSSR count). The van der Waals surface area contributed by atoms with Crippen molar-refractivity contribution < 1.29 is 28.1 Å². The van der Waals surface area contributed by atoms with Crippen molar-refractivity contribution in [1.82, 2.24) is 5.32 Å². The van der Waals surface area contributed by atoms with Crippen molar-refractivity contribution >= 4 is 22.7 Å². The van der Waals surface area contributed by atoms with Gasteiger partial charge in [0.15, 0.2) is 5.09 Å². The van der Waals surface area contributed by atoms with Crippen LogP contribution in [0.15, 0.2) is 21.6 Å². The molecule has 1 saturated heterocycles. The normalized spacial score (nSPS) is 17.6. The maximum atomic E-state index is 11.9. The monoisotopic (exact) mass is 301 g/mol. The Morgan fingerprint density at radius 2 is 2.05 bits per heavy atom. The van der Waals surface area contributed by atoms with E-state index in [4.69, 9.17) is 14.3 Å². The zero-order valence-electron chi connectivity index (χ0n) is 10.7. The van der Waals surface area contributed by atoms with Crippen molar-refractivity contribution in [3.8, 4) is 0 Å². The summed E-state index contributed by atoms with van der Waals surface area (Å²) in [6.45, 7) is 1.21. The molecule has 1 aliphatic heterocycles. The fraction of sp³-hybridized carbons (Fsp3) is 0.500. The molecule has 0 saturated carbocycles. The van der Waals surface area contributed by atoms with Crippen molar-refractivity contribution in [2.24, 2.45) is 0 Å². The first-order valence-electron chi connectivity index (χ1n) is 6.15. The first kappa shape index (κ1) is 14.7. The fourth-order valence-electron chi connectivity index (χ4n) is 1.86. The summed E-state index contributed by atoms with van der Waals surface area (Å²) in [5.41, 5.74) is 0. The minimum atomic E-state index is -1.69. The molecular formula is C12H15NO6S. The number of amides is 1. The Kier molecular flexibility index (Phi) is 4.91. The molecule has 8 heteroatoms. The lowest BCUT2D eigenvalue weighted by molar-refractivity contribution is -0.119. The quantitative estimate of drug-likeness (QED) is 0.814. The molecule has 1 aliphatic rings. The van der Waals surface area contributed by atoms with Gasteiger partial charge in [0, 0.05) is 19.3 Å². The number of furan rings is 1. The maximum absolute atomic E-state index is 11.9. The number of hydrogen-bond donors (Lipinski definition) is 2. The van der Waals surface area contributed by atoms with E-state index in [1.54, 1.807) is 0 Å². The van der Waals surface area contributed by atoms with E-state index in [1.165, 1.54) is 12.1 Å². The van der Waals surface area contributed by atoms with E-state index < -0.39 is 16.8 Å². The predicted molar refractivity (Wildman–Crippen MR) is 68.9 cm³/mol. The molecule has 7 nitrogen and oxygen atoms in total. The molecule has 0 spiro atoms. The summed E-state index contributed by atoms with van der Waals surface area (Å²) in [5.74, 6) is -2.12. The van der Waals surface area contributed by atoms with Crippen molar-refractivity contribution in [3.05, 3.63) is 17.9 Å². The van der Waals surface area contributed by atoms with Gasteiger partial charge in [0.1, 0.15) is 5.75 Å². The summed E-state index contributed by atoms with van der Waals surface area (Å²) < 4.78 is 21.9. The van der Waals surface area contributed by atoms with Gasteiger partial charge in [-0.1, -0.05) is 0 Å². The molecule has 2 N–H and O–H groups in total. The lowest BCUT2D eigenvalue weighted by Crippen LogP contribution is -2.40. The lowest BCUT2D eigenvalue weighted by atomic mass is 10.1. The number of nitrogens with one attached hydrogen (secondary N) is 1. The number of carboxylic acid groups (broad SMARTS) is 1. The van der Waals surface area contributed by atoms with Crippen LogP contribution in [0.25, 0.3) is 0 Å². The molecule has 0 aromatic carbocycles. The van der Waals surface area contributed by atoms with Crippen molar-refractivity contribution in [1.29, 1.82) is 0 Å². The van der Waals surface area contributed by atoms with Gasteiger partial charge >= 0.3 is 5.97 Å². The Labute approximate surface area is 117 Å². The van der Waals surface area contributed by atoms with Gasteiger partial charge in [-0.05, 0) is 25.0 Å². The standard InChI is InChI=1S/C12H15NO6S/c14-10(13-8-3-5-18-6-4-8)7-20(17)11-2-1-9(19-11)12(15)16/h1-2,8H,3-7H2,(H,13,14)(H,15,16). The highest BCUT2D eigenvalue weighted by molar-refractivity contribution is 7.85. The van der Waals surface area contributed by atoms with Crippen LogP contribution in [-0.2, 0) is 20.3 Å². The summed E-state index contributed by atoms with van der Waals surface area (Å²) in [4.78, 5) is 22.4. The fourth-order valence-corrected chi connectivity index (χ4v) is 2.73. The van der Waals surface area contributed by atoms with E-state index in [9.17, 15) is 13.8 Å². The Hall–Kier alpha value is -1.67. The third kappa shape index (κ3) is 3.91. The van der Waals surface area contributed by atoms with Gasteiger partial charge in [-0.2, -0.15) is 0 Å². The number of carboxylic acids is 1. The minimum absolute atomic E-state index is 0.00970.